The van der Waals surface area contributed by atoms with Crippen LogP contribution in [0.5, 0.6) is 0 Å². The zero-order valence-corrected chi connectivity index (χ0v) is 13.3. The van der Waals surface area contributed by atoms with Gasteiger partial charge in [0.25, 0.3) is 0 Å². The van der Waals surface area contributed by atoms with Crippen LogP contribution in [0.3, 0.4) is 0 Å². The fraction of sp³-hybridized carbons (Fsp3) is 0.600. The molecular weight excluding hydrogens is 272 g/mol. The van der Waals surface area contributed by atoms with Gasteiger partial charge in [0.15, 0.2) is 0 Å². The van der Waals surface area contributed by atoms with Crippen LogP contribution in [0, 0.1) is 0 Å². The Kier molecular flexibility index (Phi) is 4.52. The van der Waals surface area contributed by atoms with Crippen LogP contribution in [0.25, 0.3) is 0 Å². The van der Waals surface area contributed by atoms with E-state index in [1.54, 1.807) is 6.07 Å². The van der Waals surface area contributed by atoms with Crippen LogP contribution in [0.2, 0.25) is 0 Å². The van der Waals surface area contributed by atoms with Crippen LogP contribution in [-0.2, 0) is 23.0 Å². The van der Waals surface area contributed by atoms with Crippen LogP contribution in [0.1, 0.15) is 44.2 Å². The number of sulfonamides is 1. The summed E-state index contributed by atoms with van der Waals surface area (Å²) in [5.74, 6) is 0. The number of benzene rings is 1. The van der Waals surface area contributed by atoms with Crippen molar-refractivity contribution in [2.24, 2.45) is 0 Å². The molecule has 1 aromatic carbocycles. The van der Waals surface area contributed by atoms with E-state index in [1.165, 1.54) is 0 Å². The van der Waals surface area contributed by atoms with Gasteiger partial charge in [-0.3, -0.25) is 0 Å². The van der Waals surface area contributed by atoms with E-state index in [0.29, 0.717) is 17.9 Å². The lowest BCUT2D eigenvalue weighted by molar-refractivity contribution is 0.248. The van der Waals surface area contributed by atoms with Gasteiger partial charge in [0.05, 0.1) is 4.90 Å². The predicted octanol–water partition coefficient (Wildman–Crippen LogP) is 2.19. The minimum atomic E-state index is -3.44. The lowest BCUT2D eigenvalue weighted by Crippen LogP contribution is -2.50. The van der Waals surface area contributed by atoms with Gasteiger partial charge in [0, 0.05) is 12.1 Å². The second-order valence-corrected chi connectivity index (χ2v) is 7.50. The Bertz CT molecular complexity index is 578. The Morgan fingerprint density at radius 2 is 2.00 bits per heavy atom. The van der Waals surface area contributed by atoms with Crippen molar-refractivity contribution < 1.29 is 8.42 Å². The molecule has 1 fully saturated rings. The van der Waals surface area contributed by atoms with Gasteiger partial charge < -0.3 is 5.32 Å². The van der Waals surface area contributed by atoms with E-state index in [9.17, 15) is 8.42 Å². The quantitative estimate of drug-likeness (QED) is 0.846. The van der Waals surface area contributed by atoms with Crippen molar-refractivity contribution in [3.05, 3.63) is 29.3 Å². The Morgan fingerprint density at radius 1 is 1.30 bits per heavy atom. The second kappa shape index (κ2) is 5.84. The summed E-state index contributed by atoms with van der Waals surface area (Å²) in [5.41, 5.74) is 1.60. The fourth-order valence-corrected chi connectivity index (χ4v) is 4.47. The Hall–Kier alpha value is -0.910. The zero-order chi connectivity index (χ0) is 14.8. The normalized spacial score (nSPS) is 17.8. The minimum Gasteiger partial charge on any atom is -0.316 e. The smallest absolute Gasteiger partial charge is 0.241 e. The van der Waals surface area contributed by atoms with Crippen LogP contribution in [0.4, 0.5) is 0 Å². The molecule has 0 radical (unpaired) electrons. The first-order valence-electron chi connectivity index (χ1n) is 7.20. The molecule has 0 aromatic heterocycles. The average molecular weight is 296 g/mol. The van der Waals surface area contributed by atoms with E-state index in [1.807, 2.05) is 33.0 Å². The van der Waals surface area contributed by atoms with Gasteiger partial charge in [0.1, 0.15) is 0 Å². The summed E-state index contributed by atoms with van der Waals surface area (Å²) >= 11 is 0. The highest BCUT2D eigenvalue weighted by atomic mass is 32.2. The van der Waals surface area contributed by atoms with Crippen molar-refractivity contribution in [1.82, 2.24) is 10.0 Å². The Balaban J connectivity index is 2.35. The molecule has 20 heavy (non-hydrogen) atoms. The zero-order valence-electron chi connectivity index (χ0n) is 12.5. The Morgan fingerprint density at radius 3 is 2.50 bits per heavy atom. The lowest BCUT2D eigenvalue weighted by atomic mass is 9.80. The molecule has 1 aromatic rings. The monoisotopic (exact) mass is 296 g/mol. The van der Waals surface area contributed by atoms with Crippen LogP contribution in [0.15, 0.2) is 23.1 Å². The van der Waals surface area contributed by atoms with Crippen molar-refractivity contribution in [1.29, 1.82) is 0 Å². The summed E-state index contributed by atoms with van der Waals surface area (Å²) < 4.78 is 28.2. The highest BCUT2D eigenvalue weighted by Crippen LogP contribution is 2.33. The van der Waals surface area contributed by atoms with E-state index < -0.39 is 10.0 Å². The average Bonchev–Trinajstić information content (AvgIpc) is 2.37. The summed E-state index contributed by atoms with van der Waals surface area (Å²) in [6, 6.07) is 5.70. The van der Waals surface area contributed by atoms with Gasteiger partial charge in [-0.2, -0.15) is 0 Å². The molecule has 0 heterocycles. The van der Waals surface area contributed by atoms with E-state index in [-0.39, 0.29) is 5.54 Å². The van der Waals surface area contributed by atoms with Crippen molar-refractivity contribution in [3.63, 3.8) is 0 Å². The molecule has 2 N–H and O–H groups in total. The molecule has 0 saturated heterocycles. The van der Waals surface area contributed by atoms with Gasteiger partial charge in [-0.15, -0.1) is 0 Å². The molecule has 2 rings (SSSR count). The first kappa shape index (κ1) is 15.5. The van der Waals surface area contributed by atoms with Crippen LogP contribution < -0.4 is 10.0 Å². The number of hydrogen-bond donors (Lipinski definition) is 2. The predicted molar refractivity (Wildman–Crippen MR) is 81.2 cm³/mol. The first-order valence-corrected chi connectivity index (χ1v) is 8.69. The van der Waals surface area contributed by atoms with Crippen LogP contribution >= 0.6 is 0 Å². The van der Waals surface area contributed by atoms with Gasteiger partial charge in [-0.1, -0.05) is 19.1 Å². The molecule has 0 amide bonds. The van der Waals surface area contributed by atoms with E-state index in [0.717, 1.165) is 30.4 Å². The molecule has 1 saturated carbocycles. The fourth-order valence-electron chi connectivity index (χ4n) is 2.64. The molecule has 1 aliphatic carbocycles. The number of hydrogen-bond acceptors (Lipinski definition) is 3. The highest BCUT2D eigenvalue weighted by Gasteiger charge is 2.36. The molecule has 1 aliphatic rings. The van der Waals surface area contributed by atoms with E-state index in [2.05, 4.69) is 10.0 Å². The number of aryl methyl sites for hydroxylation is 1. The van der Waals surface area contributed by atoms with Crippen molar-refractivity contribution in [2.75, 3.05) is 7.05 Å². The maximum absolute atomic E-state index is 12.6. The van der Waals surface area contributed by atoms with Gasteiger partial charge >= 0.3 is 0 Å². The standard InChI is InChI=1S/C15H24N2O2S/c1-4-13-7-6-12(11-16-3)10-14(13)20(18,19)17-15(2)8-5-9-15/h6-7,10,16-17H,4-5,8-9,11H2,1-3H3. The summed E-state index contributed by atoms with van der Waals surface area (Å²) in [6.45, 7) is 4.64. The largest absolute Gasteiger partial charge is 0.316 e. The molecule has 0 unspecified atom stereocenters. The first-order chi connectivity index (χ1) is 9.40. The Labute approximate surface area is 122 Å². The summed E-state index contributed by atoms with van der Waals surface area (Å²) in [5, 5.41) is 3.06. The van der Waals surface area contributed by atoms with E-state index >= 15 is 0 Å². The third kappa shape index (κ3) is 3.22. The van der Waals surface area contributed by atoms with Gasteiger partial charge in [0.2, 0.25) is 10.0 Å². The minimum absolute atomic E-state index is 0.261. The number of rotatable bonds is 6. The van der Waals surface area contributed by atoms with Gasteiger partial charge in [-0.25, -0.2) is 13.1 Å². The SMILES string of the molecule is CCc1ccc(CNC)cc1S(=O)(=O)NC1(C)CCC1. The molecule has 5 heteroatoms. The molecule has 0 aliphatic heterocycles. The summed E-state index contributed by atoms with van der Waals surface area (Å²) in [7, 11) is -1.58. The number of nitrogens with one attached hydrogen (secondary N) is 2. The van der Waals surface area contributed by atoms with Crippen molar-refractivity contribution in [3.8, 4) is 0 Å². The molecule has 4 nitrogen and oxygen atoms in total. The third-order valence-corrected chi connectivity index (χ3v) is 5.74. The third-order valence-electron chi connectivity index (χ3n) is 4.02. The second-order valence-electron chi connectivity index (χ2n) is 5.85. The van der Waals surface area contributed by atoms with Crippen molar-refractivity contribution in [2.45, 2.75) is 56.5 Å². The molecule has 0 bridgehead atoms. The van der Waals surface area contributed by atoms with Crippen molar-refractivity contribution >= 4 is 10.0 Å². The highest BCUT2D eigenvalue weighted by molar-refractivity contribution is 7.89. The maximum Gasteiger partial charge on any atom is 0.241 e. The lowest BCUT2D eigenvalue weighted by Gasteiger charge is -2.38. The topological polar surface area (TPSA) is 58.2 Å². The molecule has 0 spiro atoms. The van der Waals surface area contributed by atoms with Gasteiger partial charge in [-0.05, 0) is 56.8 Å². The van der Waals surface area contributed by atoms with E-state index in [4.69, 9.17) is 0 Å². The molecule has 112 valence electrons. The molecule has 0 atom stereocenters. The summed E-state index contributed by atoms with van der Waals surface area (Å²) in [6.07, 6.45) is 3.65. The maximum atomic E-state index is 12.6. The molecular formula is C15H24N2O2S. The summed E-state index contributed by atoms with van der Waals surface area (Å²) in [4.78, 5) is 0.431. The van der Waals surface area contributed by atoms with Crippen LogP contribution in [-0.4, -0.2) is 21.0 Å².